The van der Waals surface area contributed by atoms with E-state index in [1.807, 2.05) is 6.07 Å². The molecule has 2 aromatic rings. The van der Waals surface area contributed by atoms with Gasteiger partial charge < -0.3 is 9.15 Å². The van der Waals surface area contributed by atoms with E-state index >= 15 is 0 Å². The zero-order valence-corrected chi connectivity index (χ0v) is 12.2. The van der Waals surface area contributed by atoms with E-state index in [0.29, 0.717) is 12.2 Å². The molecule has 108 valence electrons. The van der Waals surface area contributed by atoms with Crippen LogP contribution in [0.3, 0.4) is 0 Å². The van der Waals surface area contributed by atoms with Crippen LogP contribution in [0.4, 0.5) is 0 Å². The molecule has 2 rings (SSSR count). The van der Waals surface area contributed by atoms with E-state index in [1.165, 1.54) is 19.2 Å². The number of rotatable bonds is 6. The van der Waals surface area contributed by atoms with Crippen LogP contribution in [0.1, 0.15) is 12.7 Å². The van der Waals surface area contributed by atoms with Crippen LogP contribution in [0, 0.1) is 0 Å². The van der Waals surface area contributed by atoms with Crippen LogP contribution in [0.15, 0.2) is 52.0 Å². The van der Waals surface area contributed by atoms with Gasteiger partial charge in [0.05, 0.1) is 18.3 Å². The second-order valence-corrected chi connectivity index (χ2v) is 6.20. The molecule has 0 amide bonds. The Kier molecular flexibility index (Phi) is 4.46. The highest BCUT2D eigenvalue weighted by molar-refractivity contribution is 7.89. The summed E-state index contributed by atoms with van der Waals surface area (Å²) in [5.74, 6) is 1.36. The summed E-state index contributed by atoms with van der Waals surface area (Å²) < 4.78 is 37.2. The van der Waals surface area contributed by atoms with Gasteiger partial charge in [0.15, 0.2) is 0 Å². The molecule has 1 atom stereocenters. The molecule has 0 aliphatic carbocycles. The lowest BCUT2D eigenvalue weighted by atomic mass is 10.2. The fraction of sp³-hybridized carbons (Fsp3) is 0.286. The maximum absolute atomic E-state index is 12.2. The third-order valence-electron chi connectivity index (χ3n) is 2.81. The van der Waals surface area contributed by atoms with Gasteiger partial charge in [-0.2, -0.15) is 0 Å². The molecular weight excluding hydrogens is 278 g/mol. The summed E-state index contributed by atoms with van der Waals surface area (Å²) >= 11 is 0. The lowest BCUT2D eigenvalue weighted by molar-refractivity contribution is 0.414. The molecule has 1 aromatic carbocycles. The summed E-state index contributed by atoms with van der Waals surface area (Å²) in [5.41, 5.74) is 0. The van der Waals surface area contributed by atoms with Crippen LogP contribution in [0.25, 0.3) is 0 Å². The Balaban J connectivity index is 2.05. The minimum absolute atomic E-state index is 0.213. The molecule has 0 aliphatic heterocycles. The normalized spacial score (nSPS) is 13.1. The Morgan fingerprint density at radius 3 is 2.50 bits per heavy atom. The van der Waals surface area contributed by atoms with Crippen LogP contribution in [0.2, 0.25) is 0 Å². The Morgan fingerprint density at radius 1 is 1.25 bits per heavy atom. The minimum atomic E-state index is -3.53. The fourth-order valence-corrected chi connectivity index (χ4v) is 3.10. The highest BCUT2D eigenvalue weighted by Gasteiger charge is 2.18. The van der Waals surface area contributed by atoms with Crippen molar-refractivity contribution >= 4 is 10.0 Å². The van der Waals surface area contributed by atoms with E-state index in [0.717, 1.165) is 5.76 Å². The predicted molar refractivity (Wildman–Crippen MR) is 75.2 cm³/mol. The van der Waals surface area contributed by atoms with E-state index in [1.54, 1.807) is 31.4 Å². The van der Waals surface area contributed by atoms with E-state index in [4.69, 9.17) is 9.15 Å². The highest BCUT2D eigenvalue weighted by Crippen LogP contribution is 2.16. The van der Waals surface area contributed by atoms with Crippen molar-refractivity contribution < 1.29 is 17.6 Å². The van der Waals surface area contributed by atoms with Crippen LogP contribution in [-0.4, -0.2) is 21.6 Å². The van der Waals surface area contributed by atoms with Gasteiger partial charge in [-0.15, -0.1) is 0 Å². The average molecular weight is 295 g/mol. The number of nitrogens with one attached hydrogen (secondary N) is 1. The SMILES string of the molecule is COc1ccc(S(=O)(=O)NC(C)Cc2ccco2)cc1. The number of hydrogen-bond donors (Lipinski definition) is 1. The van der Waals surface area contributed by atoms with Crippen molar-refractivity contribution in [3.63, 3.8) is 0 Å². The van der Waals surface area contributed by atoms with Gasteiger partial charge in [-0.05, 0) is 43.3 Å². The van der Waals surface area contributed by atoms with Gasteiger partial charge in [0.2, 0.25) is 10.0 Å². The fourth-order valence-electron chi connectivity index (χ4n) is 1.86. The first-order valence-electron chi connectivity index (χ1n) is 6.20. The summed E-state index contributed by atoms with van der Waals surface area (Å²) in [6.45, 7) is 1.80. The van der Waals surface area contributed by atoms with Crippen molar-refractivity contribution in [2.45, 2.75) is 24.3 Å². The maximum atomic E-state index is 12.2. The summed E-state index contributed by atoms with van der Waals surface area (Å²) in [4.78, 5) is 0.213. The molecule has 0 saturated heterocycles. The van der Waals surface area contributed by atoms with Gasteiger partial charge in [0, 0.05) is 12.5 Å². The largest absolute Gasteiger partial charge is 0.497 e. The van der Waals surface area contributed by atoms with Gasteiger partial charge in [-0.1, -0.05) is 0 Å². The second kappa shape index (κ2) is 6.11. The van der Waals surface area contributed by atoms with Crippen LogP contribution in [-0.2, 0) is 16.4 Å². The van der Waals surface area contributed by atoms with Crippen LogP contribution >= 0.6 is 0 Å². The van der Waals surface area contributed by atoms with E-state index in [9.17, 15) is 8.42 Å². The quantitative estimate of drug-likeness (QED) is 0.887. The number of sulfonamides is 1. The molecule has 1 unspecified atom stereocenters. The lowest BCUT2D eigenvalue weighted by Crippen LogP contribution is -2.34. The lowest BCUT2D eigenvalue weighted by Gasteiger charge is -2.13. The van der Waals surface area contributed by atoms with Crippen LogP contribution in [0.5, 0.6) is 5.75 Å². The molecule has 0 fully saturated rings. The smallest absolute Gasteiger partial charge is 0.240 e. The minimum Gasteiger partial charge on any atom is -0.497 e. The van der Waals surface area contributed by atoms with Crippen molar-refractivity contribution in [3.05, 3.63) is 48.4 Å². The van der Waals surface area contributed by atoms with Gasteiger partial charge in [-0.25, -0.2) is 13.1 Å². The summed E-state index contributed by atoms with van der Waals surface area (Å²) in [5, 5.41) is 0. The van der Waals surface area contributed by atoms with Crippen molar-refractivity contribution in [2.24, 2.45) is 0 Å². The van der Waals surface area contributed by atoms with Crippen molar-refractivity contribution in [3.8, 4) is 5.75 Å². The Hall–Kier alpha value is -1.79. The predicted octanol–water partition coefficient (Wildman–Crippen LogP) is 2.20. The summed E-state index contributed by atoms with van der Waals surface area (Å²) in [6.07, 6.45) is 2.07. The topological polar surface area (TPSA) is 68.5 Å². The molecule has 0 bridgehead atoms. The number of ether oxygens (including phenoxy) is 1. The molecule has 1 heterocycles. The third kappa shape index (κ3) is 3.61. The van der Waals surface area contributed by atoms with Gasteiger partial charge in [0.25, 0.3) is 0 Å². The maximum Gasteiger partial charge on any atom is 0.240 e. The zero-order chi connectivity index (χ0) is 14.6. The van der Waals surface area contributed by atoms with E-state index in [-0.39, 0.29) is 10.9 Å². The van der Waals surface area contributed by atoms with E-state index in [2.05, 4.69) is 4.72 Å². The third-order valence-corrected chi connectivity index (χ3v) is 4.42. The molecule has 0 aliphatic rings. The molecule has 1 aromatic heterocycles. The molecule has 6 heteroatoms. The van der Waals surface area contributed by atoms with Crippen molar-refractivity contribution in [1.29, 1.82) is 0 Å². The highest BCUT2D eigenvalue weighted by atomic mass is 32.2. The zero-order valence-electron chi connectivity index (χ0n) is 11.4. The van der Waals surface area contributed by atoms with Gasteiger partial charge in [-0.3, -0.25) is 0 Å². The summed E-state index contributed by atoms with van der Waals surface area (Å²) in [6, 6.07) is 9.60. The first-order valence-corrected chi connectivity index (χ1v) is 7.68. The standard InChI is InChI=1S/C14H17NO4S/c1-11(10-13-4-3-9-19-13)15-20(16,17)14-7-5-12(18-2)6-8-14/h3-9,11,15H,10H2,1-2H3. The molecular formula is C14H17NO4S. The number of methoxy groups -OCH3 is 1. The van der Waals surface area contributed by atoms with Gasteiger partial charge in [0.1, 0.15) is 11.5 Å². The number of furan rings is 1. The first kappa shape index (κ1) is 14.6. The number of hydrogen-bond acceptors (Lipinski definition) is 4. The molecule has 5 nitrogen and oxygen atoms in total. The Bertz CT molecular complexity index is 632. The van der Waals surface area contributed by atoms with Gasteiger partial charge >= 0.3 is 0 Å². The Morgan fingerprint density at radius 2 is 1.95 bits per heavy atom. The molecule has 1 N–H and O–H groups in total. The monoisotopic (exact) mass is 295 g/mol. The van der Waals surface area contributed by atoms with Crippen molar-refractivity contribution in [1.82, 2.24) is 4.72 Å². The average Bonchev–Trinajstić information content (AvgIpc) is 2.91. The van der Waals surface area contributed by atoms with E-state index < -0.39 is 10.0 Å². The first-order chi connectivity index (χ1) is 9.51. The Labute approximate surface area is 118 Å². The van der Waals surface area contributed by atoms with Crippen molar-refractivity contribution in [2.75, 3.05) is 7.11 Å². The molecule has 20 heavy (non-hydrogen) atoms. The molecule has 0 saturated carbocycles. The second-order valence-electron chi connectivity index (χ2n) is 4.48. The summed E-state index contributed by atoms with van der Waals surface area (Å²) in [7, 11) is -2.00. The molecule has 0 radical (unpaired) electrons. The molecule has 0 spiro atoms. The van der Waals surface area contributed by atoms with Crippen LogP contribution < -0.4 is 9.46 Å². The number of benzene rings is 1.